The van der Waals surface area contributed by atoms with E-state index in [1.807, 2.05) is 0 Å². The van der Waals surface area contributed by atoms with Gasteiger partial charge in [0.15, 0.2) is 0 Å². The minimum absolute atomic E-state index is 0.168. The van der Waals surface area contributed by atoms with Crippen LogP contribution < -0.4 is 0 Å². The van der Waals surface area contributed by atoms with Crippen LogP contribution in [0.25, 0.3) is 0 Å². The molecule has 2 heteroatoms. The third kappa shape index (κ3) is 1.84. The van der Waals surface area contributed by atoms with Gasteiger partial charge in [0.1, 0.15) is 4.84 Å². The Morgan fingerprint density at radius 3 is 2.36 bits per heavy atom. The first-order valence-corrected chi connectivity index (χ1v) is 5.23. The Bertz CT molecular complexity index is 134. The van der Waals surface area contributed by atoms with Gasteiger partial charge in [0, 0.05) is 5.41 Å². The lowest BCUT2D eigenvalue weighted by atomic mass is 9.69. The van der Waals surface area contributed by atoms with Crippen LogP contribution in [0.4, 0.5) is 0 Å². The van der Waals surface area contributed by atoms with Crippen molar-refractivity contribution in [3.63, 3.8) is 0 Å². The highest BCUT2D eigenvalue weighted by Crippen LogP contribution is 2.46. The highest BCUT2D eigenvalue weighted by Gasteiger charge is 2.38. The smallest absolute Gasteiger partial charge is 0.105 e. The van der Waals surface area contributed by atoms with Gasteiger partial charge in [-0.2, -0.15) is 0 Å². The number of halogens is 2. The van der Waals surface area contributed by atoms with Gasteiger partial charge in [-0.3, -0.25) is 0 Å². The molecule has 0 bridgehead atoms. The Balaban J connectivity index is 2.64. The van der Waals surface area contributed by atoms with Crippen molar-refractivity contribution in [2.45, 2.75) is 44.4 Å². The van der Waals surface area contributed by atoms with Gasteiger partial charge < -0.3 is 0 Å². The Morgan fingerprint density at radius 2 is 2.00 bits per heavy atom. The van der Waals surface area contributed by atoms with Crippen molar-refractivity contribution in [1.29, 1.82) is 0 Å². The molecule has 0 aliphatic heterocycles. The van der Waals surface area contributed by atoms with Crippen LogP contribution in [-0.2, 0) is 0 Å². The molecular formula is C9H16Cl2. The van der Waals surface area contributed by atoms with Gasteiger partial charge in [0.05, 0.1) is 0 Å². The minimum atomic E-state index is -0.196. The van der Waals surface area contributed by atoms with Gasteiger partial charge in [0.25, 0.3) is 0 Å². The first-order chi connectivity index (χ1) is 5.07. The molecule has 0 aromatic heterocycles. The molecule has 1 fully saturated rings. The summed E-state index contributed by atoms with van der Waals surface area (Å²) in [7, 11) is 0. The zero-order valence-corrected chi connectivity index (χ0v) is 8.75. The molecule has 0 aromatic carbocycles. The predicted molar refractivity (Wildman–Crippen MR) is 51.2 cm³/mol. The number of rotatable bonds is 1. The van der Waals surface area contributed by atoms with Crippen molar-refractivity contribution in [2.75, 3.05) is 0 Å². The minimum Gasteiger partial charge on any atom is -0.105 e. The summed E-state index contributed by atoms with van der Waals surface area (Å²) >= 11 is 11.9. The van der Waals surface area contributed by atoms with Gasteiger partial charge in [0.2, 0.25) is 0 Å². The summed E-state index contributed by atoms with van der Waals surface area (Å²) in [6.07, 6.45) is 5.10. The van der Waals surface area contributed by atoms with Gasteiger partial charge in [-0.15, -0.1) is 23.2 Å². The molecule has 1 rings (SSSR count). The van der Waals surface area contributed by atoms with E-state index in [-0.39, 0.29) is 10.3 Å². The molecular weight excluding hydrogens is 179 g/mol. The fourth-order valence-electron chi connectivity index (χ4n) is 1.86. The molecule has 66 valence electrons. The molecule has 1 saturated carbocycles. The lowest BCUT2D eigenvalue weighted by Crippen LogP contribution is -2.34. The van der Waals surface area contributed by atoms with E-state index in [2.05, 4.69) is 13.8 Å². The lowest BCUT2D eigenvalue weighted by molar-refractivity contribution is 0.147. The molecule has 0 spiro atoms. The average molecular weight is 195 g/mol. The summed E-state index contributed by atoms with van der Waals surface area (Å²) < 4.78 is 0. The van der Waals surface area contributed by atoms with E-state index >= 15 is 0 Å². The maximum Gasteiger partial charge on any atom is 0.113 e. The number of hydrogen-bond donors (Lipinski definition) is 0. The summed E-state index contributed by atoms with van der Waals surface area (Å²) in [5.74, 6) is 0.677. The maximum atomic E-state index is 5.96. The van der Waals surface area contributed by atoms with E-state index in [1.165, 1.54) is 25.7 Å². The van der Waals surface area contributed by atoms with Crippen LogP contribution in [0.15, 0.2) is 0 Å². The Labute approximate surface area is 79.3 Å². The van der Waals surface area contributed by atoms with Crippen LogP contribution in [0.5, 0.6) is 0 Å². The second kappa shape index (κ2) is 3.53. The second-order valence-electron chi connectivity index (χ2n) is 3.95. The average Bonchev–Trinajstić information content (AvgIpc) is 1.95. The van der Waals surface area contributed by atoms with E-state index in [4.69, 9.17) is 23.2 Å². The first kappa shape index (κ1) is 9.67. The van der Waals surface area contributed by atoms with Crippen LogP contribution in [0.2, 0.25) is 0 Å². The highest BCUT2D eigenvalue weighted by molar-refractivity contribution is 6.44. The Hall–Kier alpha value is 0.580. The molecule has 0 aromatic rings. The van der Waals surface area contributed by atoms with Crippen molar-refractivity contribution < 1.29 is 0 Å². The van der Waals surface area contributed by atoms with Crippen LogP contribution in [-0.4, -0.2) is 4.84 Å². The molecule has 1 aliphatic carbocycles. The Kier molecular flexibility index (Phi) is 3.10. The SMILES string of the molecule is C[C@@H]1CCCC[C@@]1(C)C(Cl)Cl. The molecule has 0 N–H and O–H groups in total. The summed E-state index contributed by atoms with van der Waals surface area (Å²) in [5, 5.41) is 0. The number of alkyl halides is 2. The van der Waals surface area contributed by atoms with Crippen LogP contribution in [0, 0.1) is 11.3 Å². The summed E-state index contributed by atoms with van der Waals surface area (Å²) in [4.78, 5) is -0.196. The van der Waals surface area contributed by atoms with Gasteiger partial charge >= 0.3 is 0 Å². The molecule has 2 atom stereocenters. The Morgan fingerprint density at radius 1 is 1.36 bits per heavy atom. The van der Waals surface area contributed by atoms with Gasteiger partial charge in [-0.05, 0) is 12.3 Å². The fourth-order valence-corrected chi connectivity index (χ4v) is 2.51. The predicted octanol–water partition coefficient (Wildman–Crippen LogP) is 4.01. The van der Waals surface area contributed by atoms with Crippen LogP contribution >= 0.6 is 23.2 Å². The van der Waals surface area contributed by atoms with E-state index in [9.17, 15) is 0 Å². The molecule has 0 unspecified atom stereocenters. The van der Waals surface area contributed by atoms with E-state index in [1.54, 1.807) is 0 Å². The van der Waals surface area contributed by atoms with Crippen LogP contribution in [0.3, 0.4) is 0 Å². The first-order valence-electron chi connectivity index (χ1n) is 4.35. The molecule has 1 aliphatic rings. The fraction of sp³-hybridized carbons (Fsp3) is 1.00. The summed E-state index contributed by atoms with van der Waals surface area (Å²) in [6, 6.07) is 0. The van der Waals surface area contributed by atoms with Crippen molar-refractivity contribution in [3.8, 4) is 0 Å². The monoisotopic (exact) mass is 194 g/mol. The molecule has 0 nitrogen and oxygen atoms in total. The summed E-state index contributed by atoms with van der Waals surface area (Å²) in [6.45, 7) is 4.47. The van der Waals surface area contributed by atoms with E-state index < -0.39 is 0 Å². The van der Waals surface area contributed by atoms with Crippen LogP contribution in [0.1, 0.15) is 39.5 Å². The standard InChI is InChI=1S/C9H16Cl2/c1-7-5-3-4-6-9(7,2)8(10)11/h7-8H,3-6H2,1-2H3/t7-,9-/m1/s1. The maximum absolute atomic E-state index is 5.96. The van der Waals surface area contributed by atoms with Crippen molar-refractivity contribution in [1.82, 2.24) is 0 Å². The van der Waals surface area contributed by atoms with Crippen molar-refractivity contribution in [2.24, 2.45) is 11.3 Å². The van der Waals surface area contributed by atoms with Gasteiger partial charge in [-0.25, -0.2) is 0 Å². The molecule has 0 heterocycles. The highest BCUT2D eigenvalue weighted by atomic mass is 35.5. The molecule has 11 heavy (non-hydrogen) atoms. The van der Waals surface area contributed by atoms with E-state index in [0.29, 0.717) is 5.92 Å². The number of hydrogen-bond acceptors (Lipinski definition) is 0. The zero-order chi connectivity index (χ0) is 8.48. The molecule has 0 saturated heterocycles. The summed E-state index contributed by atoms with van der Waals surface area (Å²) in [5.41, 5.74) is 0.168. The quantitative estimate of drug-likeness (QED) is 0.554. The third-order valence-corrected chi connectivity index (χ3v) is 4.22. The molecule has 0 radical (unpaired) electrons. The molecule has 0 amide bonds. The third-order valence-electron chi connectivity index (χ3n) is 3.23. The van der Waals surface area contributed by atoms with E-state index in [0.717, 1.165) is 0 Å². The topological polar surface area (TPSA) is 0 Å². The van der Waals surface area contributed by atoms with Crippen molar-refractivity contribution >= 4 is 23.2 Å². The lowest BCUT2D eigenvalue weighted by Gasteiger charge is -2.40. The largest absolute Gasteiger partial charge is 0.113 e. The van der Waals surface area contributed by atoms with Gasteiger partial charge in [-0.1, -0.05) is 33.1 Å². The normalized spacial score (nSPS) is 39.5. The zero-order valence-electron chi connectivity index (χ0n) is 7.24. The second-order valence-corrected chi connectivity index (χ2v) is 5.05. The van der Waals surface area contributed by atoms with Crippen molar-refractivity contribution in [3.05, 3.63) is 0 Å².